The molecule has 0 atom stereocenters. The molecule has 0 radical (unpaired) electrons. The molecular formula is C7H9F2N3O2S. The minimum absolute atomic E-state index is 0.0384. The predicted molar refractivity (Wildman–Crippen MR) is 46.2 cm³/mol. The first-order valence-electron chi connectivity index (χ1n) is 4.38. The van der Waals surface area contributed by atoms with Crippen molar-refractivity contribution in [1.82, 2.24) is 14.8 Å². The Kier molecular flexibility index (Phi) is 2.25. The highest BCUT2D eigenvalue weighted by Crippen LogP contribution is 2.38. The third kappa shape index (κ3) is 1.62. The average molecular weight is 237 g/mol. The van der Waals surface area contributed by atoms with Gasteiger partial charge in [0.1, 0.15) is 5.82 Å². The van der Waals surface area contributed by atoms with Gasteiger partial charge in [-0.25, -0.2) is 8.42 Å². The van der Waals surface area contributed by atoms with Gasteiger partial charge in [0.25, 0.3) is 15.0 Å². The second kappa shape index (κ2) is 3.22. The highest BCUT2D eigenvalue weighted by Gasteiger charge is 2.37. The summed E-state index contributed by atoms with van der Waals surface area (Å²) in [4.78, 5) is 0. The number of hydrogen-bond acceptors (Lipinski definition) is 4. The van der Waals surface area contributed by atoms with Gasteiger partial charge in [0, 0.05) is 6.04 Å². The first-order chi connectivity index (χ1) is 6.94. The summed E-state index contributed by atoms with van der Waals surface area (Å²) in [5, 5.41) is 6.23. The maximum Gasteiger partial charge on any atom is 0.344 e. The van der Waals surface area contributed by atoms with Crippen molar-refractivity contribution >= 4 is 9.84 Å². The summed E-state index contributed by atoms with van der Waals surface area (Å²) in [5.74, 6) is -3.09. The maximum absolute atomic E-state index is 12.3. The Morgan fingerprint density at radius 3 is 2.47 bits per heavy atom. The van der Waals surface area contributed by atoms with E-state index >= 15 is 0 Å². The van der Waals surface area contributed by atoms with Gasteiger partial charge in [-0.15, -0.1) is 10.2 Å². The standard InChI is InChI=1S/C7H9F2N3O2S/c1-4-10-11-7(12(4)5-2-3-5)15(13,14)6(8)9/h5-6H,2-3H2,1H3. The fourth-order valence-corrected chi connectivity index (χ4v) is 2.25. The molecule has 1 aliphatic carbocycles. The lowest BCUT2D eigenvalue weighted by atomic mass is 10.6. The molecule has 1 aromatic rings. The third-order valence-corrected chi connectivity index (χ3v) is 3.49. The van der Waals surface area contributed by atoms with Crippen molar-refractivity contribution in [3.8, 4) is 0 Å². The van der Waals surface area contributed by atoms with Crippen LogP contribution in [0.4, 0.5) is 8.78 Å². The fraction of sp³-hybridized carbons (Fsp3) is 0.714. The van der Waals surface area contributed by atoms with Crippen LogP contribution in [0.5, 0.6) is 0 Å². The zero-order valence-electron chi connectivity index (χ0n) is 7.89. The van der Waals surface area contributed by atoms with E-state index in [0.717, 1.165) is 12.8 Å². The molecule has 1 aromatic heterocycles. The molecule has 84 valence electrons. The molecule has 8 heteroatoms. The van der Waals surface area contributed by atoms with Crippen LogP contribution in [0.15, 0.2) is 5.16 Å². The third-order valence-electron chi connectivity index (χ3n) is 2.24. The van der Waals surface area contributed by atoms with Crippen LogP contribution in [0.2, 0.25) is 0 Å². The Hall–Kier alpha value is -1.05. The predicted octanol–water partition coefficient (Wildman–Crippen LogP) is 0.918. The lowest BCUT2D eigenvalue weighted by Crippen LogP contribution is -2.17. The smallest absolute Gasteiger partial charge is 0.299 e. The van der Waals surface area contributed by atoms with Crippen molar-refractivity contribution in [2.75, 3.05) is 0 Å². The lowest BCUT2D eigenvalue weighted by molar-refractivity contribution is 0.233. The molecule has 0 bridgehead atoms. The lowest BCUT2D eigenvalue weighted by Gasteiger charge is -2.06. The quantitative estimate of drug-likeness (QED) is 0.784. The van der Waals surface area contributed by atoms with E-state index in [-0.39, 0.29) is 6.04 Å². The van der Waals surface area contributed by atoms with Gasteiger partial charge in [0.2, 0.25) is 0 Å². The Bertz CT molecular complexity index is 478. The molecule has 0 aromatic carbocycles. The minimum atomic E-state index is -4.64. The summed E-state index contributed by atoms with van der Waals surface area (Å²) in [6.45, 7) is 1.55. The van der Waals surface area contributed by atoms with Gasteiger partial charge >= 0.3 is 5.76 Å². The Labute approximate surface area is 85.0 Å². The molecule has 0 saturated heterocycles. The van der Waals surface area contributed by atoms with E-state index in [4.69, 9.17) is 0 Å². The molecule has 0 unspecified atom stereocenters. The molecule has 0 N–H and O–H groups in total. The number of hydrogen-bond donors (Lipinski definition) is 0. The van der Waals surface area contributed by atoms with Crippen LogP contribution in [-0.2, 0) is 9.84 Å². The van der Waals surface area contributed by atoms with Crippen molar-refractivity contribution in [1.29, 1.82) is 0 Å². The highest BCUT2D eigenvalue weighted by molar-refractivity contribution is 7.91. The van der Waals surface area contributed by atoms with Gasteiger partial charge in [-0.2, -0.15) is 8.78 Å². The van der Waals surface area contributed by atoms with Crippen LogP contribution in [0, 0.1) is 6.92 Å². The summed E-state index contributed by atoms with van der Waals surface area (Å²) < 4.78 is 48.3. The second-order valence-electron chi connectivity index (χ2n) is 3.44. The number of halogens is 2. The monoisotopic (exact) mass is 237 g/mol. The second-order valence-corrected chi connectivity index (χ2v) is 5.25. The van der Waals surface area contributed by atoms with Crippen LogP contribution in [-0.4, -0.2) is 28.9 Å². The Morgan fingerprint density at radius 1 is 1.40 bits per heavy atom. The van der Waals surface area contributed by atoms with Crippen LogP contribution < -0.4 is 0 Å². The molecule has 1 aliphatic rings. The molecule has 2 rings (SSSR count). The van der Waals surface area contributed by atoms with E-state index in [1.54, 1.807) is 6.92 Å². The number of aromatic nitrogens is 3. The molecule has 0 aliphatic heterocycles. The molecule has 15 heavy (non-hydrogen) atoms. The van der Waals surface area contributed by atoms with Crippen molar-refractivity contribution in [3.63, 3.8) is 0 Å². The summed E-state index contributed by atoms with van der Waals surface area (Å²) in [7, 11) is -4.64. The fourth-order valence-electron chi connectivity index (χ4n) is 1.38. The van der Waals surface area contributed by atoms with E-state index < -0.39 is 20.8 Å². The number of alkyl halides is 2. The molecule has 1 fully saturated rings. The van der Waals surface area contributed by atoms with Crippen molar-refractivity contribution in [3.05, 3.63) is 5.82 Å². The van der Waals surface area contributed by atoms with E-state index in [2.05, 4.69) is 10.2 Å². The average Bonchev–Trinajstić information content (AvgIpc) is 2.89. The first kappa shape index (κ1) is 10.5. The summed E-state index contributed by atoms with van der Waals surface area (Å²) in [6.07, 6.45) is 1.56. The number of sulfone groups is 1. The van der Waals surface area contributed by atoms with Gasteiger partial charge < -0.3 is 0 Å². The zero-order chi connectivity index (χ0) is 11.2. The normalized spacial score (nSPS) is 17.3. The van der Waals surface area contributed by atoms with E-state index in [1.807, 2.05) is 0 Å². The van der Waals surface area contributed by atoms with Crippen LogP contribution in [0.1, 0.15) is 24.7 Å². The maximum atomic E-state index is 12.3. The Morgan fingerprint density at radius 2 is 2.00 bits per heavy atom. The zero-order valence-corrected chi connectivity index (χ0v) is 8.71. The molecule has 1 heterocycles. The summed E-state index contributed by atoms with van der Waals surface area (Å²) >= 11 is 0. The molecule has 5 nitrogen and oxygen atoms in total. The van der Waals surface area contributed by atoms with Gasteiger partial charge in [0.15, 0.2) is 0 Å². The first-order valence-corrected chi connectivity index (χ1v) is 5.93. The highest BCUT2D eigenvalue weighted by atomic mass is 32.2. The Balaban J connectivity index is 2.53. The van der Waals surface area contributed by atoms with Crippen LogP contribution >= 0.6 is 0 Å². The summed E-state index contributed by atoms with van der Waals surface area (Å²) in [6, 6.07) is -0.0384. The van der Waals surface area contributed by atoms with E-state index in [9.17, 15) is 17.2 Å². The van der Waals surface area contributed by atoms with Crippen molar-refractivity contribution in [2.24, 2.45) is 0 Å². The van der Waals surface area contributed by atoms with Gasteiger partial charge in [0.05, 0.1) is 0 Å². The minimum Gasteiger partial charge on any atom is -0.299 e. The van der Waals surface area contributed by atoms with E-state index in [1.165, 1.54) is 4.57 Å². The van der Waals surface area contributed by atoms with Crippen molar-refractivity contribution in [2.45, 2.75) is 36.7 Å². The largest absolute Gasteiger partial charge is 0.344 e. The van der Waals surface area contributed by atoms with Gasteiger partial charge in [-0.3, -0.25) is 4.57 Å². The molecule has 0 amide bonds. The number of aryl methyl sites for hydroxylation is 1. The van der Waals surface area contributed by atoms with Gasteiger partial charge in [-0.05, 0) is 19.8 Å². The van der Waals surface area contributed by atoms with Gasteiger partial charge in [-0.1, -0.05) is 0 Å². The van der Waals surface area contributed by atoms with E-state index in [0.29, 0.717) is 5.82 Å². The topological polar surface area (TPSA) is 64.8 Å². The SMILES string of the molecule is Cc1nnc(S(=O)(=O)C(F)F)n1C1CC1. The van der Waals surface area contributed by atoms with Crippen molar-refractivity contribution < 1.29 is 17.2 Å². The van der Waals surface area contributed by atoms with Crippen LogP contribution in [0.25, 0.3) is 0 Å². The number of rotatable bonds is 3. The summed E-state index contributed by atoms with van der Waals surface area (Å²) in [5.41, 5.74) is 0. The number of nitrogens with zero attached hydrogens (tertiary/aromatic N) is 3. The molecular weight excluding hydrogens is 228 g/mol. The van der Waals surface area contributed by atoms with Crippen LogP contribution in [0.3, 0.4) is 0 Å². The molecule has 0 spiro atoms. The molecule has 1 saturated carbocycles.